The molecule has 0 unspecified atom stereocenters. The van der Waals surface area contributed by atoms with Crippen molar-refractivity contribution in [2.24, 2.45) is 0 Å². The SMILES string of the molecule is Cc1ccc2onc(CC(=O)NCc3ccncc3)c2c1. The fourth-order valence-electron chi connectivity index (χ4n) is 2.15. The molecular formula is C16H15N3O2. The maximum atomic E-state index is 12.0. The van der Waals surface area contributed by atoms with Crippen LogP contribution in [0.1, 0.15) is 16.8 Å². The van der Waals surface area contributed by atoms with Crippen molar-refractivity contribution in [3.05, 3.63) is 59.5 Å². The molecule has 0 radical (unpaired) electrons. The second-order valence-corrected chi connectivity index (χ2v) is 4.94. The third-order valence-corrected chi connectivity index (χ3v) is 3.27. The molecule has 21 heavy (non-hydrogen) atoms. The summed E-state index contributed by atoms with van der Waals surface area (Å²) in [7, 11) is 0. The van der Waals surface area contributed by atoms with Gasteiger partial charge in [-0.1, -0.05) is 16.8 Å². The lowest BCUT2D eigenvalue weighted by Gasteiger charge is -2.03. The van der Waals surface area contributed by atoms with Crippen LogP contribution in [0, 0.1) is 6.92 Å². The maximum absolute atomic E-state index is 12.0. The number of hydrogen-bond acceptors (Lipinski definition) is 4. The summed E-state index contributed by atoms with van der Waals surface area (Å²) in [5, 5.41) is 7.75. The van der Waals surface area contributed by atoms with E-state index >= 15 is 0 Å². The number of carbonyl (C=O) groups is 1. The van der Waals surface area contributed by atoms with E-state index in [-0.39, 0.29) is 12.3 Å². The van der Waals surface area contributed by atoms with E-state index in [4.69, 9.17) is 4.52 Å². The molecule has 0 saturated carbocycles. The highest BCUT2D eigenvalue weighted by atomic mass is 16.5. The first-order valence-electron chi connectivity index (χ1n) is 6.73. The third kappa shape index (κ3) is 3.08. The molecule has 1 amide bonds. The van der Waals surface area contributed by atoms with Gasteiger partial charge in [-0.15, -0.1) is 0 Å². The number of rotatable bonds is 4. The molecule has 1 aromatic carbocycles. The minimum absolute atomic E-state index is 0.0801. The fraction of sp³-hybridized carbons (Fsp3) is 0.188. The molecule has 5 heteroatoms. The Hall–Kier alpha value is -2.69. The number of fused-ring (bicyclic) bond motifs is 1. The molecule has 0 bridgehead atoms. The van der Waals surface area contributed by atoms with Gasteiger partial charge in [-0.3, -0.25) is 9.78 Å². The summed E-state index contributed by atoms with van der Waals surface area (Å²) in [5.74, 6) is -0.0801. The fourth-order valence-corrected chi connectivity index (χ4v) is 2.15. The predicted octanol–water partition coefficient (Wildman–Crippen LogP) is 2.39. The van der Waals surface area contributed by atoms with Crippen LogP contribution in [0.15, 0.2) is 47.2 Å². The summed E-state index contributed by atoms with van der Waals surface area (Å²) in [6.07, 6.45) is 3.62. The quantitative estimate of drug-likeness (QED) is 0.797. The summed E-state index contributed by atoms with van der Waals surface area (Å²) in [5.41, 5.74) is 3.50. The second-order valence-electron chi connectivity index (χ2n) is 4.94. The van der Waals surface area contributed by atoms with Crippen molar-refractivity contribution < 1.29 is 9.32 Å². The molecule has 5 nitrogen and oxygen atoms in total. The number of aromatic nitrogens is 2. The van der Waals surface area contributed by atoms with E-state index in [0.29, 0.717) is 17.8 Å². The van der Waals surface area contributed by atoms with E-state index in [1.54, 1.807) is 12.4 Å². The predicted molar refractivity (Wildman–Crippen MR) is 78.5 cm³/mol. The van der Waals surface area contributed by atoms with Crippen molar-refractivity contribution >= 4 is 16.9 Å². The Balaban J connectivity index is 1.67. The number of carbonyl (C=O) groups excluding carboxylic acids is 1. The highest BCUT2D eigenvalue weighted by molar-refractivity contribution is 5.86. The van der Waals surface area contributed by atoms with Gasteiger partial charge in [-0.05, 0) is 36.8 Å². The van der Waals surface area contributed by atoms with E-state index < -0.39 is 0 Å². The normalized spacial score (nSPS) is 10.7. The van der Waals surface area contributed by atoms with Gasteiger partial charge in [-0.2, -0.15) is 0 Å². The second kappa shape index (κ2) is 5.75. The number of pyridine rings is 1. The van der Waals surface area contributed by atoms with Crippen LogP contribution < -0.4 is 5.32 Å². The van der Waals surface area contributed by atoms with Crippen molar-refractivity contribution in [1.29, 1.82) is 0 Å². The zero-order valence-corrected chi connectivity index (χ0v) is 11.7. The molecule has 0 spiro atoms. The molecule has 0 aliphatic rings. The molecule has 1 N–H and O–H groups in total. The molecule has 0 fully saturated rings. The Kier molecular flexibility index (Phi) is 3.64. The first-order valence-corrected chi connectivity index (χ1v) is 6.73. The Labute approximate surface area is 122 Å². The maximum Gasteiger partial charge on any atom is 0.226 e. The van der Waals surface area contributed by atoms with Crippen LogP contribution in [-0.2, 0) is 17.8 Å². The summed E-state index contributed by atoms with van der Waals surface area (Å²) in [6, 6.07) is 9.55. The molecule has 2 aromatic heterocycles. The summed E-state index contributed by atoms with van der Waals surface area (Å²) in [4.78, 5) is 15.9. The van der Waals surface area contributed by atoms with Crippen LogP contribution in [0.25, 0.3) is 11.0 Å². The van der Waals surface area contributed by atoms with Crippen molar-refractivity contribution in [2.45, 2.75) is 19.9 Å². The van der Waals surface area contributed by atoms with Crippen molar-refractivity contribution in [3.8, 4) is 0 Å². The third-order valence-electron chi connectivity index (χ3n) is 3.27. The molecular weight excluding hydrogens is 266 g/mol. The van der Waals surface area contributed by atoms with Gasteiger partial charge < -0.3 is 9.84 Å². The standard InChI is InChI=1S/C16H15N3O2/c1-11-2-3-15-13(8-11)14(19-21-15)9-16(20)18-10-12-4-6-17-7-5-12/h2-8H,9-10H2,1H3,(H,18,20). The number of nitrogens with one attached hydrogen (secondary N) is 1. The van der Waals surface area contributed by atoms with E-state index in [0.717, 1.165) is 16.5 Å². The minimum Gasteiger partial charge on any atom is -0.356 e. The Morgan fingerprint density at radius 2 is 2.05 bits per heavy atom. The molecule has 0 saturated heterocycles. The van der Waals surface area contributed by atoms with Gasteiger partial charge in [0, 0.05) is 24.3 Å². The van der Waals surface area contributed by atoms with Crippen LogP contribution in [0.3, 0.4) is 0 Å². The van der Waals surface area contributed by atoms with Crippen LogP contribution in [0.4, 0.5) is 0 Å². The summed E-state index contributed by atoms with van der Waals surface area (Å²) < 4.78 is 5.23. The van der Waals surface area contributed by atoms with Gasteiger partial charge in [-0.25, -0.2) is 0 Å². The summed E-state index contributed by atoms with van der Waals surface area (Å²) >= 11 is 0. The highest BCUT2D eigenvalue weighted by Crippen LogP contribution is 2.20. The molecule has 106 valence electrons. The van der Waals surface area contributed by atoms with Gasteiger partial charge in [0.05, 0.1) is 6.42 Å². The van der Waals surface area contributed by atoms with Crippen LogP contribution >= 0.6 is 0 Å². The smallest absolute Gasteiger partial charge is 0.226 e. The topological polar surface area (TPSA) is 68.0 Å². The Morgan fingerprint density at radius 3 is 2.86 bits per heavy atom. The molecule has 3 rings (SSSR count). The molecule has 0 aliphatic carbocycles. The monoisotopic (exact) mass is 281 g/mol. The number of amides is 1. The van der Waals surface area contributed by atoms with E-state index in [2.05, 4.69) is 15.5 Å². The van der Waals surface area contributed by atoms with Gasteiger partial charge in [0.2, 0.25) is 5.91 Å². The lowest BCUT2D eigenvalue weighted by atomic mass is 10.1. The number of aryl methyl sites for hydroxylation is 1. The lowest BCUT2D eigenvalue weighted by molar-refractivity contribution is -0.120. The van der Waals surface area contributed by atoms with Crippen molar-refractivity contribution in [1.82, 2.24) is 15.5 Å². The van der Waals surface area contributed by atoms with Crippen molar-refractivity contribution in [3.63, 3.8) is 0 Å². The minimum atomic E-state index is -0.0801. The Bertz CT molecular complexity index is 766. The van der Waals surface area contributed by atoms with Gasteiger partial charge in [0.15, 0.2) is 5.58 Å². The number of nitrogens with zero attached hydrogens (tertiary/aromatic N) is 2. The average Bonchev–Trinajstić information content (AvgIpc) is 2.88. The van der Waals surface area contributed by atoms with Crippen LogP contribution in [0.2, 0.25) is 0 Å². The lowest BCUT2D eigenvalue weighted by Crippen LogP contribution is -2.24. The van der Waals surface area contributed by atoms with Gasteiger partial charge in [0.25, 0.3) is 0 Å². The summed E-state index contributed by atoms with van der Waals surface area (Å²) in [6.45, 7) is 2.48. The molecule has 2 heterocycles. The first kappa shape index (κ1) is 13.3. The zero-order valence-electron chi connectivity index (χ0n) is 11.7. The van der Waals surface area contributed by atoms with E-state index in [1.807, 2.05) is 37.3 Å². The van der Waals surface area contributed by atoms with Crippen LogP contribution in [-0.4, -0.2) is 16.0 Å². The largest absolute Gasteiger partial charge is 0.356 e. The average molecular weight is 281 g/mol. The van der Waals surface area contributed by atoms with Crippen molar-refractivity contribution in [2.75, 3.05) is 0 Å². The molecule has 3 aromatic rings. The highest BCUT2D eigenvalue weighted by Gasteiger charge is 2.12. The molecule has 0 atom stereocenters. The zero-order chi connectivity index (χ0) is 14.7. The molecule has 0 aliphatic heterocycles. The number of benzene rings is 1. The number of hydrogen-bond donors (Lipinski definition) is 1. The van der Waals surface area contributed by atoms with E-state index in [9.17, 15) is 4.79 Å². The first-order chi connectivity index (χ1) is 10.2. The Morgan fingerprint density at radius 1 is 1.24 bits per heavy atom. The van der Waals surface area contributed by atoms with Gasteiger partial charge >= 0.3 is 0 Å². The van der Waals surface area contributed by atoms with Gasteiger partial charge in [0.1, 0.15) is 5.69 Å². The van der Waals surface area contributed by atoms with E-state index in [1.165, 1.54) is 0 Å². The van der Waals surface area contributed by atoms with Crippen LogP contribution in [0.5, 0.6) is 0 Å².